The van der Waals surface area contributed by atoms with Crippen LogP contribution in [0.15, 0.2) is 47.4 Å². The van der Waals surface area contributed by atoms with Gasteiger partial charge in [-0.3, -0.25) is 0 Å². The van der Waals surface area contributed by atoms with Crippen LogP contribution in [-0.4, -0.2) is 6.54 Å². The van der Waals surface area contributed by atoms with Gasteiger partial charge in [-0.05, 0) is 48.6 Å². The van der Waals surface area contributed by atoms with Crippen molar-refractivity contribution in [3.05, 3.63) is 65.0 Å². The fourth-order valence-electron chi connectivity index (χ4n) is 2.76. The quantitative estimate of drug-likeness (QED) is 0.857. The average Bonchev–Trinajstić information content (AvgIpc) is 2.93. The first-order chi connectivity index (χ1) is 9.78. The van der Waals surface area contributed by atoms with Crippen LogP contribution in [0.5, 0.6) is 0 Å². The number of hydrogen-bond donors (Lipinski definition) is 1. The Morgan fingerprint density at radius 3 is 2.70 bits per heavy atom. The Bertz CT molecular complexity index is 612. The molecule has 0 saturated carbocycles. The van der Waals surface area contributed by atoms with E-state index in [1.165, 1.54) is 34.9 Å². The normalized spacial score (nSPS) is 15.1. The van der Waals surface area contributed by atoms with E-state index in [0.717, 1.165) is 6.42 Å². The maximum Gasteiger partial charge on any atom is 0.127 e. The van der Waals surface area contributed by atoms with E-state index in [1.807, 2.05) is 12.1 Å². The Kier molecular flexibility index (Phi) is 4.08. The Labute approximate surface area is 123 Å². The molecule has 3 heteroatoms. The molecule has 0 fully saturated rings. The molecule has 1 nitrogen and oxygen atoms in total. The molecule has 2 N–H and O–H groups in total. The lowest BCUT2D eigenvalue weighted by molar-refractivity contribution is 0.608. The standard InChI is InChI=1S/C17H18FNS/c18-16-7-2-1-6-15(16)17(11-19)20-14-9-8-12-4-3-5-13(12)10-14/h1-2,6-10,17H,3-5,11,19H2. The number of benzene rings is 2. The molecule has 0 amide bonds. The molecule has 0 aliphatic heterocycles. The van der Waals surface area contributed by atoms with Gasteiger partial charge in [0.05, 0.1) is 0 Å². The van der Waals surface area contributed by atoms with E-state index in [9.17, 15) is 4.39 Å². The molecule has 104 valence electrons. The van der Waals surface area contributed by atoms with E-state index >= 15 is 0 Å². The van der Waals surface area contributed by atoms with Gasteiger partial charge in [0.2, 0.25) is 0 Å². The molecular formula is C17H18FNS. The van der Waals surface area contributed by atoms with Gasteiger partial charge in [-0.1, -0.05) is 24.3 Å². The van der Waals surface area contributed by atoms with Crippen LogP contribution in [0.25, 0.3) is 0 Å². The predicted octanol–water partition coefficient (Wildman–Crippen LogP) is 4.11. The summed E-state index contributed by atoms with van der Waals surface area (Å²) >= 11 is 1.66. The molecule has 1 aliphatic rings. The molecule has 2 aromatic carbocycles. The summed E-state index contributed by atoms with van der Waals surface area (Å²) in [6.07, 6.45) is 3.60. The van der Waals surface area contributed by atoms with Gasteiger partial charge in [-0.25, -0.2) is 4.39 Å². The summed E-state index contributed by atoms with van der Waals surface area (Å²) in [5.74, 6) is -0.170. The van der Waals surface area contributed by atoms with Gasteiger partial charge >= 0.3 is 0 Å². The third-order valence-electron chi connectivity index (χ3n) is 3.81. The van der Waals surface area contributed by atoms with Gasteiger partial charge in [0.15, 0.2) is 0 Å². The second-order valence-electron chi connectivity index (χ2n) is 5.15. The zero-order valence-electron chi connectivity index (χ0n) is 11.3. The summed E-state index contributed by atoms with van der Waals surface area (Å²) in [6.45, 7) is 0.433. The van der Waals surface area contributed by atoms with Crippen molar-refractivity contribution in [2.45, 2.75) is 29.4 Å². The Hall–Kier alpha value is -1.32. The first kappa shape index (κ1) is 13.7. The fraction of sp³-hybridized carbons (Fsp3) is 0.294. The molecule has 1 aliphatic carbocycles. The Morgan fingerprint density at radius 1 is 1.10 bits per heavy atom. The SMILES string of the molecule is NCC(Sc1ccc2c(c1)CCC2)c1ccccc1F. The van der Waals surface area contributed by atoms with Crippen molar-refractivity contribution >= 4 is 11.8 Å². The Balaban J connectivity index is 1.83. The lowest BCUT2D eigenvalue weighted by atomic mass is 10.1. The minimum Gasteiger partial charge on any atom is -0.329 e. The fourth-order valence-corrected chi connectivity index (χ4v) is 3.86. The van der Waals surface area contributed by atoms with Crippen LogP contribution in [-0.2, 0) is 12.8 Å². The summed E-state index contributed by atoms with van der Waals surface area (Å²) in [5.41, 5.74) is 9.45. The third kappa shape index (κ3) is 2.74. The molecule has 2 aromatic rings. The molecule has 0 aromatic heterocycles. The van der Waals surface area contributed by atoms with Gasteiger partial charge in [0.1, 0.15) is 5.82 Å². The zero-order valence-corrected chi connectivity index (χ0v) is 12.1. The lowest BCUT2D eigenvalue weighted by Gasteiger charge is -2.16. The highest BCUT2D eigenvalue weighted by atomic mass is 32.2. The molecule has 0 radical (unpaired) electrons. The average molecular weight is 287 g/mol. The maximum atomic E-state index is 13.9. The van der Waals surface area contributed by atoms with Crippen molar-refractivity contribution in [2.24, 2.45) is 5.73 Å². The van der Waals surface area contributed by atoms with E-state index in [4.69, 9.17) is 5.73 Å². The minimum absolute atomic E-state index is 0.0318. The first-order valence-corrected chi connectivity index (χ1v) is 7.89. The van der Waals surface area contributed by atoms with E-state index < -0.39 is 0 Å². The minimum atomic E-state index is -0.170. The molecule has 0 spiro atoms. The van der Waals surface area contributed by atoms with Crippen LogP contribution in [0, 0.1) is 5.82 Å². The number of thioether (sulfide) groups is 1. The highest BCUT2D eigenvalue weighted by Crippen LogP contribution is 2.37. The molecule has 20 heavy (non-hydrogen) atoms. The summed E-state index contributed by atoms with van der Waals surface area (Å²) < 4.78 is 13.9. The molecule has 0 saturated heterocycles. The zero-order chi connectivity index (χ0) is 13.9. The number of fused-ring (bicyclic) bond motifs is 1. The van der Waals surface area contributed by atoms with Crippen molar-refractivity contribution in [3.8, 4) is 0 Å². The molecule has 0 heterocycles. The largest absolute Gasteiger partial charge is 0.329 e. The van der Waals surface area contributed by atoms with Crippen molar-refractivity contribution < 1.29 is 4.39 Å². The monoisotopic (exact) mass is 287 g/mol. The third-order valence-corrected chi connectivity index (χ3v) is 5.07. The van der Waals surface area contributed by atoms with Gasteiger partial charge in [0.25, 0.3) is 0 Å². The lowest BCUT2D eigenvalue weighted by Crippen LogP contribution is -2.10. The number of rotatable bonds is 4. The van der Waals surface area contributed by atoms with E-state index in [0.29, 0.717) is 12.1 Å². The summed E-state index contributed by atoms with van der Waals surface area (Å²) in [6, 6.07) is 13.5. The van der Waals surface area contributed by atoms with Gasteiger partial charge in [-0.15, -0.1) is 11.8 Å². The second kappa shape index (κ2) is 5.98. The van der Waals surface area contributed by atoms with Crippen LogP contribution in [0.4, 0.5) is 4.39 Å². The Morgan fingerprint density at radius 2 is 1.90 bits per heavy atom. The first-order valence-electron chi connectivity index (χ1n) is 7.01. The molecule has 3 rings (SSSR count). The smallest absolute Gasteiger partial charge is 0.127 e. The predicted molar refractivity (Wildman–Crippen MR) is 82.5 cm³/mol. The van der Waals surface area contributed by atoms with E-state index in [1.54, 1.807) is 17.8 Å². The van der Waals surface area contributed by atoms with Crippen LogP contribution < -0.4 is 5.73 Å². The van der Waals surface area contributed by atoms with Crippen LogP contribution in [0.1, 0.15) is 28.4 Å². The van der Waals surface area contributed by atoms with Gasteiger partial charge in [0, 0.05) is 22.3 Å². The topological polar surface area (TPSA) is 26.0 Å². The molecular weight excluding hydrogens is 269 g/mol. The highest BCUT2D eigenvalue weighted by molar-refractivity contribution is 7.99. The summed E-state index contributed by atoms with van der Waals surface area (Å²) in [7, 11) is 0. The van der Waals surface area contributed by atoms with E-state index in [2.05, 4.69) is 18.2 Å². The van der Waals surface area contributed by atoms with Gasteiger partial charge < -0.3 is 5.73 Å². The van der Waals surface area contributed by atoms with Crippen molar-refractivity contribution in [3.63, 3.8) is 0 Å². The van der Waals surface area contributed by atoms with Crippen LogP contribution in [0.3, 0.4) is 0 Å². The summed E-state index contributed by atoms with van der Waals surface area (Å²) in [5, 5.41) is -0.0318. The summed E-state index contributed by atoms with van der Waals surface area (Å²) in [4.78, 5) is 1.18. The van der Waals surface area contributed by atoms with Crippen molar-refractivity contribution in [2.75, 3.05) is 6.54 Å². The number of nitrogens with two attached hydrogens (primary N) is 1. The molecule has 0 bridgehead atoms. The number of aryl methyl sites for hydroxylation is 2. The van der Waals surface area contributed by atoms with Crippen LogP contribution in [0.2, 0.25) is 0 Å². The number of hydrogen-bond acceptors (Lipinski definition) is 2. The van der Waals surface area contributed by atoms with Crippen molar-refractivity contribution in [1.82, 2.24) is 0 Å². The maximum absolute atomic E-state index is 13.9. The van der Waals surface area contributed by atoms with Gasteiger partial charge in [-0.2, -0.15) is 0 Å². The second-order valence-corrected chi connectivity index (χ2v) is 6.42. The highest BCUT2D eigenvalue weighted by Gasteiger charge is 2.17. The van der Waals surface area contributed by atoms with Crippen LogP contribution >= 0.6 is 11.8 Å². The molecule has 1 atom stereocenters. The van der Waals surface area contributed by atoms with E-state index in [-0.39, 0.29) is 11.1 Å². The number of halogens is 1. The molecule has 1 unspecified atom stereocenters. The van der Waals surface area contributed by atoms with Crippen molar-refractivity contribution in [1.29, 1.82) is 0 Å².